The highest BCUT2D eigenvalue weighted by Gasteiger charge is 2.20. The SMILES string of the molecule is CSc1nc(C)nc(SC)c1NC(=O)N(Cc1ccccc1)Cc1ccc(Oc2ccc(F)cc2)cc1. The predicted molar refractivity (Wildman–Crippen MR) is 148 cm³/mol. The monoisotopic (exact) mass is 534 g/mol. The second-order valence-electron chi connectivity index (χ2n) is 8.14. The molecule has 0 bridgehead atoms. The summed E-state index contributed by atoms with van der Waals surface area (Å²) in [5.74, 6) is 1.52. The van der Waals surface area contributed by atoms with E-state index in [-0.39, 0.29) is 11.8 Å². The number of nitrogens with zero attached hydrogens (tertiary/aromatic N) is 3. The van der Waals surface area contributed by atoms with Crippen molar-refractivity contribution in [2.45, 2.75) is 30.1 Å². The Labute approximate surface area is 224 Å². The summed E-state index contributed by atoms with van der Waals surface area (Å²) in [5, 5.41) is 4.52. The zero-order valence-corrected chi connectivity index (χ0v) is 22.4. The molecule has 4 rings (SSSR count). The lowest BCUT2D eigenvalue weighted by Crippen LogP contribution is -2.34. The Balaban J connectivity index is 1.54. The van der Waals surface area contributed by atoms with E-state index in [1.165, 1.54) is 35.7 Å². The number of anilines is 1. The maximum atomic E-state index is 13.6. The van der Waals surface area contributed by atoms with Crippen molar-refractivity contribution in [1.29, 1.82) is 0 Å². The van der Waals surface area contributed by atoms with E-state index in [0.717, 1.165) is 21.2 Å². The van der Waals surface area contributed by atoms with Crippen LogP contribution in [0.1, 0.15) is 17.0 Å². The molecule has 0 aliphatic rings. The van der Waals surface area contributed by atoms with Gasteiger partial charge in [-0.15, -0.1) is 23.5 Å². The van der Waals surface area contributed by atoms with Crippen LogP contribution in [-0.4, -0.2) is 33.4 Å². The molecule has 4 aromatic rings. The first-order valence-corrected chi connectivity index (χ1v) is 14.0. The van der Waals surface area contributed by atoms with Gasteiger partial charge >= 0.3 is 6.03 Å². The molecule has 0 atom stereocenters. The molecule has 0 unspecified atom stereocenters. The number of aromatic nitrogens is 2. The Morgan fingerprint density at radius 2 is 1.35 bits per heavy atom. The Morgan fingerprint density at radius 3 is 1.89 bits per heavy atom. The largest absolute Gasteiger partial charge is 0.457 e. The van der Waals surface area contributed by atoms with Gasteiger partial charge in [-0.05, 0) is 67.0 Å². The molecule has 0 saturated heterocycles. The van der Waals surface area contributed by atoms with Crippen LogP contribution in [0.3, 0.4) is 0 Å². The number of halogens is 1. The molecule has 6 nitrogen and oxygen atoms in total. The van der Waals surface area contributed by atoms with Gasteiger partial charge in [0.25, 0.3) is 0 Å². The van der Waals surface area contributed by atoms with Crippen LogP contribution in [0.5, 0.6) is 11.5 Å². The lowest BCUT2D eigenvalue weighted by Gasteiger charge is -2.24. The van der Waals surface area contributed by atoms with Crippen molar-refractivity contribution in [1.82, 2.24) is 14.9 Å². The van der Waals surface area contributed by atoms with Crippen LogP contribution in [0.2, 0.25) is 0 Å². The second-order valence-corrected chi connectivity index (χ2v) is 9.73. The summed E-state index contributed by atoms with van der Waals surface area (Å²) in [4.78, 5) is 24.3. The molecule has 1 N–H and O–H groups in total. The molecule has 2 amide bonds. The summed E-state index contributed by atoms with van der Waals surface area (Å²) < 4.78 is 19.0. The van der Waals surface area contributed by atoms with Gasteiger partial charge in [0, 0.05) is 13.1 Å². The standard InChI is InChI=1S/C28H27FN4O2S2/c1-19-30-26(36-2)25(27(31-19)37-3)32-28(34)33(17-20-7-5-4-6-8-20)18-21-9-13-23(14-10-21)35-24-15-11-22(29)12-16-24/h4-16H,17-18H2,1-3H3,(H,32,34). The van der Waals surface area contributed by atoms with Crippen LogP contribution < -0.4 is 10.1 Å². The van der Waals surface area contributed by atoms with Crippen molar-refractivity contribution in [3.8, 4) is 11.5 Å². The van der Waals surface area contributed by atoms with Crippen molar-refractivity contribution >= 4 is 35.2 Å². The number of carbonyl (C=O) groups excluding carboxylic acids is 1. The number of ether oxygens (including phenoxy) is 1. The summed E-state index contributed by atoms with van der Waals surface area (Å²) in [6.45, 7) is 2.65. The van der Waals surface area contributed by atoms with E-state index in [0.29, 0.717) is 36.1 Å². The molecule has 0 radical (unpaired) electrons. The molecule has 0 fully saturated rings. The Kier molecular flexibility index (Phi) is 9.03. The third-order valence-electron chi connectivity index (χ3n) is 5.42. The molecule has 1 aromatic heterocycles. The first kappa shape index (κ1) is 26.5. The average Bonchev–Trinajstić information content (AvgIpc) is 2.91. The van der Waals surface area contributed by atoms with Crippen molar-refractivity contribution in [2.24, 2.45) is 0 Å². The molecular weight excluding hydrogens is 507 g/mol. The van der Waals surface area contributed by atoms with Crippen LogP contribution in [0.4, 0.5) is 14.9 Å². The van der Waals surface area contributed by atoms with Crippen LogP contribution in [-0.2, 0) is 13.1 Å². The minimum Gasteiger partial charge on any atom is -0.457 e. The fraction of sp³-hybridized carbons (Fsp3) is 0.179. The molecular formula is C28H27FN4O2S2. The minimum absolute atomic E-state index is 0.242. The average molecular weight is 535 g/mol. The summed E-state index contributed by atoms with van der Waals surface area (Å²) in [7, 11) is 0. The van der Waals surface area contributed by atoms with Crippen LogP contribution in [0.25, 0.3) is 0 Å². The number of hydrogen-bond acceptors (Lipinski definition) is 6. The molecule has 0 aliphatic carbocycles. The number of thioether (sulfide) groups is 2. The lowest BCUT2D eigenvalue weighted by atomic mass is 10.1. The van der Waals surface area contributed by atoms with Crippen molar-refractivity contribution in [2.75, 3.05) is 17.8 Å². The summed E-state index contributed by atoms with van der Waals surface area (Å²) in [6.07, 6.45) is 3.86. The number of hydrogen-bond donors (Lipinski definition) is 1. The Morgan fingerprint density at radius 1 is 0.838 bits per heavy atom. The lowest BCUT2D eigenvalue weighted by molar-refractivity contribution is 0.206. The van der Waals surface area contributed by atoms with Gasteiger partial charge in [-0.3, -0.25) is 0 Å². The van der Waals surface area contributed by atoms with Crippen molar-refractivity contribution in [3.05, 3.63) is 102 Å². The van der Waals surface area contributed by atoms with Gasteiger partial charge in [0.1, 0.15) is 38.9 Å². The van der Waals surface area contributed by atoms with Gasteiger partial charge in [0.05, 0.1) is 0 Å². The zero-order chi connectivity index (χ0) is 26.2. The topological polar surface area (TPSA) is 67.4 Å². The third-order valence-corrected chi connectivity index (χ3v) is 6.79. The van der Waals surface area contributed by atoms with E-state index < -0.39 is 0 Å². The number of carbonyl (C=O) groups is 1. The van der Waals surface area contributed by atoms with Gasteiger partial charge < -0.3 is 15.0 Å². The molecule has 3 aromatic carbocycles. The zero-order valence-electron chi connectivity index (χ0n) is 20.8. The third kappa shape index (κ3) is 7.24. The highest BCUT2D eigenvalue weighted by molar-refractivity contribution is 7.99. The van der Waals surface area contributed by atoms with Gasteiger partial charge in [-0.1, -0.05) is 42.5 Å². The second kappa shape index (κ2) is 12.6. The molecule has 190 valence electrons. The van der Waals surface area contributed by atoms with Crippen LogP contribution in [0, 0.1) is 12.7 Å². The van der Waals surface area contributed by atoms with Gasteiger partial charge in [0.2, 0.25) is 0 Å². The minimum atomic E-state index is -0.314. The Hall–Kier alpha value is -3.56. The highest BCUT2D eigenvalue weighted by atomic mass is 32.2. The smallest absolute Gasteiger partial charge is 0.322 e. The quantitative estimate of drug-likeness (QED) is 0.178. The number of urea groups is 1. The maximum absolute atomic E-state index is 13.6. The molecule has 0 aliphatic heterocycles. The van der Waals surface area contributed by atoms with Gasteiger partial charge in [0.15, 0.2) is 0 Å². The number of aryl methyl sites for hydroxylation is 1. The van der Waals surface area contributed by atoms with E-state index in [4.69, 9.17) is 4.74 Å². The van der Waals surface area contributed by atoms with E-state index in [1.807, 2.05) is 74.0 Å². The fourth-order valence-corrected chi connectivity index (χ4v) is 4.85. The summed E-state index contributed by atoms with van der Waals surface area (Å²) in [5.41, 5.74) is 2.58. The molecule has 0 spiro atoms. The van der Waals surface area contributed by atoms with Gasteiger partial charge in [-0.2, -0.15) is 0 Å². The number of amides is 2. The number of rotatable bonds is 9. The normalized spacial score (nSPS) is 10.7. The van der Waals surface area contributed by atoms with E-state index >= 15 is 0 Å². The highest BCUT2D eigenvalue weighted by Crippen LogP contribution is 2.32. The molecule has 1 heterocycles. The fourth-order valence-electron chi connectivity index (χ4n) is 3.64. The van der Waals surface area contributed by atoms with Crippen LogP contribution in [0.15, 0.2) is 88.9 Å². The number of benzene rings is 3. The van der Waals surface area contributed by atoms with E-state index in [9.17, 15) is 9.18 Å². The maximum Gasteiger partial charge on any atom is 0.322 e. The van der Waals surface area contributed by atoms with Crippen molar-refractivity contribution < 1.29 is 13.9 Å². The van der Waals surface area contributed by atoms with Gasteiger partial charge in [-0.25, -0.2) is 19.2 Å². The molecule has 37 heavy (non-hydrogen) atoms. The summed E-state index contributed by atoms with van der Waals surface area (Å²) in [6, 6.07) is 23.0. The van der Waals surface area contributed by atoms with E-state index in [2.05, 4.69) is 15.3 Å². The Bertz CT molecular complexity index is 1310. The summed E-state index contributed by atoms with van der Waals surface area (Å²) >= 11 is 2.94. The predicted octanol–water partition coefficient (Wildman–Crippen LogP) is 7.39. The molecule has 0 saturated carbocycles. The van der Waals surface area contributed by atoms with Crippen LogP contribution >= 0.6 is 23.5 Å². The first-order valence-electron chi connectivity index (χ1n) is 11.5. The first-order chi connectivity index (χ1) is 17.9. The van der Waals surface area contributed by atoms with Crippen molar-refractivity contribution in [3.63, 3.8) is 0 Å². The number of nitrogens with one attached hydrogen (secondary N) is 1. The molecule has 9 heteroatoms. The van der Waals surface area contributed by atoms with E-state index in [1.54, 1.807) is 17.0 Å².